The van der Waals surface area contributed by atoms with Gasteiger partial charge in [-0.25, -0.2) is 4.39 Å². The Balaban J connectivity index is 1.53. The Bertz CT molecular complexity index is 964. The molecule has 0 N–H and O–H groups in total. The summed E-state index contributed by atoms with van der Waals surface area (Å²) < 4.78 is 24.9. The maximum atomic E-state index is 14.1. The Morgan fingerprint density at radius 1 is 1.10 bits per heavy atom. The molecule has 4 rings (SSSR count). The number of hydrogen-bond acceptors (Lipinski definition) is 4. The number of likely N-dealkylation sites (tertiary alicyclic amines) is 1. The van der Waals surface area contributed by atoms with Crippen molar-refractivity contribution in [1.29, 1.82) is 0 Å². The summed E-state index contributed by atoms with van der Waals surface area (Å²) in [6.45, 7) is 0.843. The van der Waals surface area contributed by atoms with Gasteiger partial charge in [0.25, 0.3) is 0 Å². The van der Waals surface area contributed by atoms with E-state index in [1.54, 1.807) is 32.4 Å². The van der Waals surface area contributed by atoms with E-state index < -0.39 is 11.7 Å². The molecule has 2 aliphatic heterocycles. The van der Waals surface area contributed by atoms with Gasteiger partial charge in [-0.1, -0.05) is 18.2 Å². The molecule has 0 saturated carbocycles. The SMILES string of the molecule is COc1ccc([C@H]2CCCN2C(=O)[C@@H]2CC(=O)N(c3ccccc3F)C2)cc1OC. The molecule has 2 fully saturated rings. The van der Waals surface area contributed by atoms with Gasteiger partial charge < -0.3 is 19.3 Å². The largest absolute Gasteiger partial charge is 0.493 e. The molecule has 2 saturated heterocycles. The minimum Gasteiger partial charge on any atom is -0.493 e. The van der Waals surface area contributed by atoms with Crippen LogP contribution in [0.5, 0.6) is 11.5 Å². The summed E-state index contributed by atoms with van der Waals surface area (Å²) in [6, 6.07) is 11.8. The molecule has 0 unspecified atom stereocenters. The molecule has 7 heteroatoms. The molecule has 6 nitrogen and oxygen atoms in total. The Morgan fingerprint density at radius 2 is 1.87 bits per heavy atom. The van der Waals surface area contributed by atoms with E-state index in [1.165, 1.54) is 11.0 Å². The zero-order valence-electron chi connectivity index (χ0n) is 17.1. The lowest BCUT2D eigenvalue weighted by atomic mass is 10.0. The van der Waals surface area contributed by atoms with E-state index in [-0.39, 0.29) is 36.5 Å². The molecule has 0 spiro atoms. The maximum absolute atomic E-state index is 14.1. The number of hydrogen-bond donors (Lipinski definition) is 0. The highest BCUT2D eigenvalue weighted by atomic mass is 19.1. The van der Waals surface area contributed by atoms with Crippen LogP contribution in [0.15, 0.2) is 42.5 Å². The van der Waals surface area contributed by atoms with Crippen LogP contribution >= 0.6 is 0 Å². The summed E-state index contributed by atoms with van der Waals surface area (Å²) in [7, 11) is 3.17. The van der Waals surface area contributed by atoms with Crippen LogP contribution in [0.2, 0.25) is 0 Å². The smallest absolute Gasteiger partial charge is 0.228 e. The highest BCUT2D eigenvalue weighted by Crippen LogP contribution is 2.38. The fourth-order valence-corrected chi connectivity index (χ4v) is 4.45. The number of benzene rings is 2. The molecule has 2 heterocycles. The minimum atomic E-state index is -0.474. The summed E-state index contributed by atoms with van der Waals surface area (Å²) >= 11 is 0. The fraction of sp³-hybridized carbons (Fsp3) is 0.391. The van der Waals surface area contributed by atoms with E-state index in [0.717, 1.165) is 18.4 Å². The zero-order valence-corrected chi connectivity index (χ0v) is 17.1. The van der Waals surface area contributed by atoms with Gasteiger partial charge in [-0.3, -0.25) is 9.59 Å². The standard InChI is InChI=1S/C23H25FN2O4/c1-29-20-10-9-15(12-21(20)30-2)18-8-5-11-25(18)23(28)16-13-22(27)26(14-16)19-7-4-3-6-17(19)24/h3-4,6-7,9-10,12,16,18H,5,8,11,13-14H2,1-2H3/t16-,18-/m1/s1. The number of ether oxygens (including phenoxy) is 2. The van der Waals surface area contributed by atoms with Gasteiger partial charge in [0.1, 0.15) is 5.82 Å². The van der Waals surface area contributed by atoms with Crippen LogP contribution in [0.1, 0.15) is 30.9 Å². The molecular weight excluding hydrogens is 387 g/mol. The summed E-state index contributed by atoms with van der Waals surface area (Å²) in [5, 5.41) is 0. The van der Waals surface area contributed by atoms with E-state index in [1.807, 2.05) is 23.1 Å². The zero-order chi connectivity index (χ0) is 21.3. The molecule has 2 aromatic carbocycles. The van der Waals surface area contributed by atoms with Gasteiger partial charge in [0.2, 0.25) is 11.8 Å². The Kier molecular flexibility index (Phi) is 5.61. The molecular formula is C23H25FN2O4. The van der Waals surface area contributed by atoms with Crippen molar-refractivity contribution in [2.75, 3.05) is 32.2 Å². The third-order valence-corrected chi connectivity index (χ3v) is 5.95. The summed E-state index contributed by atoms with van der Waals surface area (Å²) in [5.74, 6) is 0.0519. The topological polar surface area (TPSA) is 59.1 Å². The number of carbonyl (C=O) groups is 2. The molecule has 2 aliphatic rings. The highest BCUT2D eigenvalue weighted by Gasteiger charge is 2.41. The third-order valence-electron chi connectivity index (χ3n) is 5.95. The molecule has 0 radical (unpaired) electrons. The van der Waals surface area contributed by atoms with E-state index in [9.17, 15) is 14.0 Å². The first-order valence-corrected chi connectivity index (χ1v) is 10.1. The first-order valence-electron chi connectivity index (χ1n) is 10.1. The van der Waals surface area contributed by atoms with Crippen LogP contribution < -0.4 is 14.4 Å². The second kappa shape index (κ2) is 8.34. The van der Waals surface area contributed by atoms with Gasteiger partial charge in [0, 0.05) is 19.5 Å². The molecule has 2 atom stereocenters. The van der Waals surface area contributed by atoms with Crippen LogP contribution in [-0.4, -0.2) is 44.0 Å². The lowest BCUT2D eigenvalue weighted by molar-refractivity contribution is -0.136. The van der Waals surface area contributed by atoms with E-state index >= 15 is 0 Å². The van der Waals surface area contributed by atoms with Gasteiger partial charge in [0.15, 0.2) is 11.5 Å². The molecule has 0 aromatic heterocycles. The minimum absolute atomic E-state index is 0.0560. The normalized spacial score (nSPS) is 21.2. The van der Waals surface area contributed by atoms with Gasteiger partial charge in [0.05, 0.1) is 31.9 Å². The molecule has 30 heavy (non-hydrogen) atoms. The lowest BCUT2D eigenvalue weighted by Crippen LogP contribution is -2.37. The molecule has 2 aromatic rings. The second-order valence-corrected chi connectivity index (χ2v) is 7.66. The summed E-state index contributed by atoms with van der Waals surface area (Å²) in [5.41, 5.74) is 1.21. The molecule has 2 amide bonds. The number of rotatable bonds is 5. The first kappa shape index (κ1) is 20.2. The summed E-state index contributed by atoms with van der Waals surface area (Å²) in [6.07, 6.45) is 1.84. The molecule has 0 aliphatic carbocycles. The molecule has 0 bridgehead atoms. The van der Waals surface area contributed by atoms with Crippen molar-refractivity contribution in [2.45, 2.75) is 25.3 Å². The Labute approximate surface area is 175 Å². The Morgan fingerprint density at radius 3 is 2.60 bits per heavy atom. The number of anilines is 1. The van der Waals surface area contributed by atoms with Crippen LogP contribution in [-0.2, 0) is 9.59 Å². The van der Waals surface area contributed by atoms with Gasteiger partial charge in [-0.15, -0.1) is 0 Å². The van der Waals surface area contributed by atoms with E-state index in [0.29, 0.717) is 18.0 Å². The maximum Gasteiger partial charge on any atom is 0.228 e. The van der Waals surface area contributed by atoms with E-state index in [4.69, 9.17) is 9.47 Å². The monoisotopic (exact) mass is 412 g/mol. The predicted molar refractivity (Wildman–Crippen MR) is 110 cm³/mol. The van der Waals surface area contributed by atoms with Crippen molar-refractivity contribution in [3.8, 4) is 11.5 Å². The van der Waals surface area contributed by atoms with E-state index in [2.05, 4.69) is 0 Å². The van der Waals surface area contributed by atoms with Crippen LogP contribution in [0.25, 0.3) is 0 Å². The van der Waals surface area contributed by atoms with Crippen LogP contribution in [0, 0.1) is 11.7 Å². The fourth-order valence-electron chi connectivity index (χ4n) is 4.45. The average Bonchev–Trinajstić information content (AvgIpc) is 3.40. The van der Waals surface area contributed by atoms with Crippen molar-refractivity contribution in [2.24, 2.45) is 5.92 Å². The van der Waals surface area contributed by atoms with Crippen molar-refractivity contribution in [3.63, 3.8) is 0 Å². The molecule has 158 valence electrons. The third kappa shape index (κ3) is 3.60. The predicted octanol–water partition coefficient (Wildman–Crippen LogP) is 3.56. The average molecular weight is 412 g/mol. The second-order valence-electron chi connectivity index (χ2n) is 7.66. The van der Waals surface area contributed by atoms with Gasteiger partial charge >= 0.3 is 0 Å². The van der Waals surface area contributed by atoms with Crippen molar-refractivity contribution in [3.05, 3.63) is 53.8 Å². The van der Waals surface area contributed by atoms with Crippen LogP contribution in [0.3, 0.4) is 0 Å². The Hall–Kier alpha value is -3.09. The number of amides is 2. The summed E-state index contributed by atoms with van der Waals surface area (Å²) in [4.78, 5) is 29.1. The van der Waals surface area contributed by atoms with Crippen molar-refractivity contribution >= 4 is 17.5 Å². The van der Waals surface area contributed by atoms with Gasteiger partial charge in [-0.05, 0) is 42.7 Å². The van der Waals surface area contributed by atoms with Crippen LogP contribution in [0.4, 0.5) is 10.1 Å². The number of methoxy groups -OCH3 is 2. The van der Waals surface area contributed by atoms with Gasteiger partial charge in [-0.2, -0.15) is 0 Å². The highest BCUT2D eigenvalue weighted by molar-refractivity contribution is 6.00. The quantitative estimate of drug-likeness (QED) is 0.754. The number of carbonyl (C=O) groups excluding carboxylic acids is 2. The van der Waals surface area contributed by atoms with Crippen molar-refractivity contribution < 1.29 is 23.5 Å². The number of halogens is 1. The lowest BCUT2D eigenvalue weighted by Gasteiger charge is -2.28. The number of nitrogens with zero attached hydrogens (tertiary/aromatic N) is 2. The van der Waals surface area contributed by atoms with Crippen molar-refractivity contribution in [1.82, 2.24) is 4.90 Å². The first-order chi connectivity index (χ1) is 14.5. The number of para-hydroxylation sites is 1.